The van der Waals surface area contributed by atoms with Crippen LogP contribution in [0.25, 0.3) is 0 Å². The van der Waals surface area contributed by atoms with Crippen molar-refractivity contribution in [3.05, 3.63) is 89.5 Å². The zero-order valence-electron chi connectivity index (χ0n) is 20.8. The summed E-state index contributed by atoms with van der Waals surface area (Å²) in [5, 5.41) is 2.93. The van der Waals surface area contributed by atoms with E-state index in [-0.39, 0.29) is 17.3 Å². The van der Waals surface area contributed by atoms with Gasteiger partial charge in [0.25, 0.3) is 15.9 Å². The minimum atomic E-state index is -3.89. The first-order chi connectivity index (χ1) is 17.9. The average molecular weight is 522 g/mol. The maximum Gasteiger partial charge on any atom is 0.264 e. The number of nitrogens with zero attached hydrogens (tertiary/aromatic N) is 2. The topological polar surface area (TPSA) is 88.2 Å². The Labute approximate surface area is 217 Å². The fourth-order valence-corrected chi connectivity index (χ4v) is 6.04. The highest BCUT2D eigenvalue weighted by atomic mass is 32.2. The van der Waals surface area contributed by atoms with Crippen molar-refractivity contribution in [1.82, 2.24) is 10.2 Å². The zero-order valence-corrected chi connectivity index (χ0v) is 21.6. The number of amides is 1. The molecule has 9 heteroatoms. The molecular weight excluding hydrogens is 490 g/mol. The van der Waals surface area contributed by atoms with E-state index < -0.39 is 16.1 Å². The van der Waals surface area contributed by atoms with Crippen LogP contribution in [0.1, 0.15) is 16.7 Å². The smallest absolute Gasteiger partial charge is 0.264 e. The molecule has 194 valence electrons. The van der Waals surface area contributed by atoms with Crippen LogP contribution in [0.3, 0.4) is 0 Å². The van der Waals surface area contributed by atoms with Gasteiger partial charge in [-0.15, -0.1) is 0 Å². The van der Waals surface area contributed by atoms with Gasteiger partial charge in [0.05, 0.1) is 30.3 Å². The Morgan fingerprint density at radius 2 is 1.70 bits per heavy atom. The first-order valence-corrected chi connectivity index (χ1v) is 13.8. The summed E-state index contributed by atoms with van der Waals surface area (Å²) >= 11 is 0. The third-order valence-electron chi connectivity index (χ3n) is 6.60. The molecule has 2 aliphatic rings. The highest BCUT2D eigenvalue weighted by molar-refractivity contribution is 7.92. The Hall–Kier alpha value is -3.40. The molecule has 1 N–H and O–H groups in total. The van der Waals surface area contributed by atoms with Crippen LogP contribution in [0.2, 0.25) is 0 Å². The summed E-state index contributed by atoms with van der Waals surface area (Å²) < 4.78 is 39.7. The van der Waals surface area contributed by atoms with E-state index in [1.165, 1.54) is 9.87 Å². The van der Waals surface area contributed by atoms with Gasteiger partial charge < -0.3 is 14.8 Å². The van der Waals surface area contributed by atoms with Crippen molar-refractivity contribution in [3.8, 4) is 5.75 Å². The molecule has 0 aliphatic carbocycles. The average Bonchev–Trinajstić information content (AvgIpc) is 2.92. The van der Waals surface area contributed by atoms with Crippen molar-refractivity contribution in [2.45, 2.75) is 31.0 Å². The molecule has 2 aliphatic heterocycles. The normalized spacial score (nSPS) is 18.1. The fourth-order valence-electron chi connectivity index (χ4n) is 4.56. The first kappa shape index (κ1) is 25.3. The maximum atomic E-state index is 13.5. The number of ether oxygens (including phenoxy) is 2. The summed E-state index contributed by atoms with van der Waals surface area (Å²) in [5.41, 5.74) is 3.53. The Morgan fingerprint density at radius 3 is 2.49 bits per heavy atom. The summed E-state index contributed by atoms with van der Waals surface area (Å²) in [6.07, 6.45) is -0.980. The van der Waals surface area contributed by atoms with Gasteiger partial charge in [-0.1, -0.05) is 54.1 Å². The van der Waals surface area contributed by atoms with Crippen LogP contribution in [0, 0.1) is 6.92 Å². The Bertz CT molecular complexity index is 1350. The van der Waals surface area contributed by atoms with E-state index in [2.05, 4.69) is 22.3 Å². The first-order valence-electron chi connectivity index (χ1n) is 12.4. The second-order valence-corrected chi connectivity index (χ2v) is 11.2. The minimum Gasteiger partial charge on any atom is -0.476 e. The van der Waals surface area contributed by atoms with Crippen molar-refractivity contribution < 1.29 is 22.7 Å². The predicted octanol–water partition coefficient (Wildman–Crippen LogP) is 3.10. The summed E-state index contributed by atoms with van der Waals surface area (Å²) in [4.78, 5) is 15.7. The van der Waals surface area contributed by atoms with E-state index in [0.29, 0.717) is 18.0 Å². The lowest BCUT2D eigenvalue weighted by Gasteiger charge is -2.34. The molecule has 0 bridgehead atoms. The number of anilines is 1. The fraction of sp³-hybridized carbons (Fsp3) is 0.321. The monoisotopic (exact) mass is 521 g/mol. The molecule has 1 atom stereocenters. The summed E-state index contributed by atoms with van der Waals surface area (Å²) in [6.45, 7) is 6.25. The molecule has 0 saturated carbocycles. The van der Waals surface area contributed by atoms with Crippen molar-refractivity contribution in [2.75, 3.05) is 37.2 Å². The van der Waals surface area contributed by atoms with Gasteiger partial charge in [-0.3, -0.25) is 14.0 Å². The third-order valence-corrected chi connectivity index (χ3v) is 8.40. The number of hydrogen-bond acceptors (Lipinski definition) is 6. The van der Waals surface area contributed by atoms with Crippen molar-refractivity contribution in [2.24, 2.45) is 0 Å². The predicted molar refractivity (Wildman–Crippen MR) is 141 cm³/mol. The lowest BCUT2D eigenvalue weighted by molar-refractivity contribution is -0.127. The molecular formula is C28H31N3O5S. The SMILES string of the molecule is Cc1ccc(S(=O)(=O)N2C[C@H](C(=O)NCc3cccc(CN4CCOCC4)c3)Oc3ccccc32)cc1. The van der Waals surface area contributed by atoms with Crippen molar-refractivity contribution in [1.29, 1.82) is 0 Å². The number of rotatable bonds is 7. The molecule has 3 aromatic rings. The number of hydrogen-bond donors (Lipinski definition) is 1. The van der Waals surface area contributed by atoms with Crippen LogP contribution in [0.5, 0.6) is 5.75 Å². The van der Waals surface area contributed by atoms with E-state index in [9.17, 15) is 13.2 Å². The van der Waals surface area contributed by atoms with Crippen LogP contribution in [0.4, 0.5) is 5.69 Å². The van der Waals surface area contributed by atoms with Gasteiger partial charge in [0.2, 0.25) is 0 Å². The van der Waals surface area contributed by atoms with Gasteiger partial charge in [0, 0.05) is 26.2 Å². The molecule has 0 aromatic heterocycles. The molecule has 5 rings (SSSR count). The lowest BCUT2D eigenvalue weighted by atomic mass is 10.1. The minimum absolute atomic E-state index is 0.115. The number of nitrogens with one attached hydrogen (secondary N) is 1. The second-order valence-electron chi connectivity index (χ2n) is 9.35. The molecule has 3 aromatic carbocycles. The van der Waals surface area contributed by atoms with Gasteiger partial charge >= 0.3 is 0 Å². The van der Waals surface area contributed by atoms with E-state index in [1.54, 1.807) is 48.5 Å². The van der Waals surface area contributed by atoms with Gasteiger partial charge in [-0.2, -0.15) is 0 Å². The standard InChI is InChI=1S/C28H31N3O5S/c1-21-9-11-24(12-10-21)37(33,34)31-20-27(36-26-8-3-2-7-25(26)31)28(32)29-18-22-5-4-6-23(17-22)19-30-13-15-35-16-14-30/h2-12,17,27H,13-16,18-20H2,1H3,(H,29,32)/t27-/m1/s1. The molecule has 0 unspecified atom stereocenters. The zero-order chi connectivity index (χ0) is 25.8. The molecule has 2 heterocycles. The van der Waals surface area contributed by atoms with Gasteiger partial charge in [-0.05, 0) is 42.3 Å². The maximum absolute atomic E-state index is 13.5. The number of aryl methyl sites for hydroxylation is 1. The number of sulfonamides is 1. The molecule has 1 saturated heterocycles. The molecule has 0 radical (unpaired) electrons. The van der Waals surface area contributed by atoms with Crippen LogP contribution < -0.4 is 14.4 Å². The highest BCUT2D eigenvalue weighted by Crippen LogP contribution is 2.36. The Balaban J connectivity index is 1.29. The molecule has 1 amide bonds. The van der Waals surface area contributed by atoms with Crippen LogP contribution >= 0.6 is 0 Å². The largest absolute Gasteiger partial charge is 0.476 e. The quantitative estimate of drug-likeness (QED) is 0.514. The van der Waals surface area contributed by atoms with Crippen molar-refractivity contribution >= 4 is 21.6 Å². The lowest BCUT2D eigenvalue weighted by Crippen LogP contribution is -2.50. The Morgan fingerprint density at radius 1 is 0.973 bits per heavy atom. The second kappa shape index (κ2) is 10.9. The third kappa shape index (κ3) is 5.79. The van der Waals surface area contributed by atoms with Gasteiger partial charge in [-0.25, -0.2) is 8.42 Å². The van der Waals surface area contributed by atoms with E-state index in [4.69, 9.17) is 9.47 Å². The van der Waals surface area contributed by atoms with Gasteiger partial charge in [0.1, 0.15) is 5.75 Å². The highest BCUT2D eigenvalue weighted by Gasteiger charge is 2.37. The van der Waals surface area contributed by atoms with Crippen LogP contribution in [-0.4, -0.2) is 58.2 Å². The summed E-state index contributed by atoms with van der Waals surface area (Å²) in [6, 6.07) is 21.7. The number of fused-ring (bicyclic) bond motifs is 1. The van der Waals surface area contributed by atoms with E-state index >= 15 is 0 Å². The van der Waals surface area contributed by atoms with Crippen LogP contribution in [0.15, 0.2) is 77.7 Å². The number of carbonyl (C=O) groups excluding carboxylic acids is 1. The number of morpholine rings is 1. The molecule has 0 spiro atoms. The number of benzene rings is 3. The van der Waals surface area contributed by atoms with Crippen molar-refractivity contribution in [3.63, 3.8) is 0 Å². The van der Waals surface area contributed by atoms with Crippen LogP contribution in [-0.2, 0) is 32.6 Å². The molecule has 8 nitrogen and oxygen atoms in total. The number of carbonyl (C=O) groups is 1. The molecule has 37 heavy (non-hydrogen) atoms. The summed E-state index contributed by atoms with van der Waals surface area (Å²) in [7, 11) is -3.89. The van der Waals surface area contributed by atoms with Gasteiger partial charge in [0.15, 0.2) is 6.10 Å². The molecule has 1 fully saturated rings. The Kier molecular flexibility index (Phi) is 7.45. The number of para-hydroxylation sites is 2. The van der Waals surface area contributed by atoms with E-state index in [0.717, 1.165) is 44.0 Å². The summed E-state index contributed by atoms with van der Waals surface area (Å²) in [5.74, 6) is -0.00529. The van der Waals surface area contributed by atoms with E-state index in [1.807, 2.05) is 19.1 Å².